The Morgan fingerprint density at radius 3 is 1.41 bits per heavy atom. The molecule has 0 atom stereocenters. The van der Waals surface area contributed by atoms with Crippen LogP contribution in [0.25, 0.3) is 75.2 Å². The van der Waals surface area contributed by atoms with Crippen LogP contribution in [0.2, 0.25) is 0 Å². The van der Waals surface area contributed by atoms with Crippen molar-refractivity contribution < 1.29 is 0 Å². The van der Waals surface area contributed by atoms with Crippen molar-refractivity contribution in [1.82, 2.24) is 9.13 Å². The molecule has 272 valence electrons. The number of hydrogen-bond donors (Lipinski definition) is 0. The molecule has 0 aliphatic carbocycles. The molecule has 0 spiro atoms. The second-order valence-electron chi connectivity index (χ2n) is 15.2. The van der Waals surface area contributed by atoms with E-state index in [0.717, 1.165) is 5.69 Å². The third-order valence-corrected chi connectivity index (χ3v) is 18.2. The van der Waals surface area contributed by atoms with E-state index in [1.54, 1.807) is 0 Å². The SMILES string of the molecule is c1ccc([Si](c2ccccc2)(c2cccc(-n3c4ccccc4c4cc(-n5c6ccccc6c6ccccc65)ccc43)c2)c2cccc3sc4ccccc4c23)cc1. The summed E-state index contributed by atoms with van der Waals surface area (Å²) in [5.74, 6) is 0. The van der Waals surface area contributed by atoms with Crippen molar-refractivity contribution >= 4 is 104 Å². The van der Waals surface area contributed by atoms with Crippen molar-refractivity contribution in [3.8, 4) is 11.4 Å². The molecule has 0 aliphatic heterocycles. The van der Waals surface area contributed by atoms with Crippen molar-refractivity contribution in [1.29, 1.82) is 0 Å². The molecule has 3 aromatic heterocycles. The molecule has 12 rings (SSSR count). The normalized spacial score (nSPS) is 12.1. The fourth-order valence-corrected chi connectivity index (χ4v) is 16.1. The molecule has 0 saturated carbocycles. The summed E-state index contributed by atoms with van der Waals surface area (Å²) in [6.45, 7) is 0. The first-order valence-corrected chi connectivity index (χ1v) is 22.8. The lowest BCUT2D eigenvalue weighted by atomic mass is 10.1. The molecule has 3 heterocycles. The molecule has 0 amide bonds. The predicted molar refractivity (Wildman–Crippen MR) is 252 cm³/mol. The lowest BCUT2D eigenvalue weighted by Gasteiger charge is -2.35. The maximum absolute atomic E-state index is 2.93. The van der Waals surface area contributed by atoms with E-state index in [1.807, 2.05) is 11.3 Å². The number of benzene rings is 9. The Morgan fingerprint density at radius 2 is 0.776 bits per heavy atom. The zero-order valence-corrected chi connectivity index (χ0v) is 33.4. The third kappa shape index (κ3) is 4.76. The number of aromatic nitrogens is 2. The minimum atomic E-state index is -2.93. The Bertz CT molecular complexity index is 3430. The fourth-order valence-electron chi connectivity index (χ4n) is 9.89. The smallest absolute Gasteiger partial charge is 0.180 e. The highest BCUT2D eigenvalue weighted by atomic mass is 32.1. The molecular formula is C54H36N2SSi. The zero-order chi connectivity index (χ0) is 38.2. The van der Waals surface area contributed by atoms with Crippen LogP contribution in [0.15, 0.2) is 218 Å². The van der Waals surface area contributed by atoms with E-state index in [2.05, 4.69) is 228 Å². The summed E-state index contributed by atoms with van der Waals surface area (Å²) in [6.07, 6.45) is 0. The summed E-state index contributed by atoms with van der Waals surface area (Å²) >= 11 is 1.90. The Hall–Kier alpha value is -6.98. The fraction of sp³-hybridized carbons (Fsp3) is 0. The Balaban J connectivity index is 1.14. The predicted octanol–water partition coefficient (Wildman–Crippen LogP) is 11.6. The van der Waals surface area contributed by atoms with Crippen LogP contribution in [0.4, 0.5) is 0 Å². The molecule has 9 aromatic carbocycles. The quantitative estimate of drug-likeness (QED) is 0.118. The molecule has 0 saturated heterocycles. The van der Waals surface area contributed by atoms with E-state index >= 15 is 0 Å². The van der Waals surface area contributed by atoms with Crippen LogP contribution in [0.3, 0.4) is 0 Å². The number of nitrogens with zero attached hydrogens (tertiary/aromatic N) is 2. The van der Waals surface area contributed by atoms with Crippen LogP contribution in [0.5, 0.6) is 0 Å². The first kappa shape index (κ1) is 33.2. The van der Waals surface area contributed by atoms with Crippen molar-refractivity contribution in [2.24, 2.45) is 0 Å². The van der Waals surface area contributed by atoms with Gasteiger partial charge in [-0.15, -0.1) is 11.3 Å². The van der Waals surface area contributed by atoms with E-state index in [0.29, 0.717) is 0 Å². The first-order valence-electron chi connectivity index (χ1n) is 19.9. The van der Waals surface area contributed by atoms with Crippen molar-refractivity contribution in [3.63, 3.8) is 0 Å². The van der Waals surface area contributed by atoms with Gasteiger partial charge in [-0.1, -0.05) is 158 Å². The second kappa shape index (κ2) is 13.0. The van der Waals surface area contributed by atoms with Gasteiger partial charge in [-0.25, -0.2) is 0 Å². The van der Waals surface area contributed by atoms with Gasteiger partial charge in [-0.3, -0.25) is 0 Å². The molecule has 58 heavy (non-hydrogen) atoms. The third-order valence-electron chi connectivity index (χ3n) is 12.3. The van der Waals surface area contributed by atoms with Gasteiger partial charge in [0.25, 0.3) is 0 Å². The average Bonchev–Trinajstić information content (AvgIpc) is 3.95. The molecule has 12 aromatic rings. The lowest BCUT2D eigenvalue weighted by molar-refractivity contribution is 1.17. The van der Waals surface area contributed by atoms with Crippen LogP contribution < -0.4 is 20.7 Å². The Labute approximate surface area is 341 Å². The molecule has 0 bridgehead atoms. The summed E-state index contributed by atoms with van der Waals surface area (Å²) in [5.41, 5.74) is 7.16. The zero-order valence-electron chi connectivity index (χ0n) is 31.6. The van der Waals surface area contributed by atoms with E-state index in [-0.39, 0.29) is 0 Å². The van der Waals surface area contributed by atoms with E-state index in [4.69, 9.17) is 0 Å². The monoisotopic (exact) mass is 772 g/mol. The summed E-state index contributed by atoms with van der Waals surface area (Å²) in [5, 5.41) is 13.3. The van der Waals surface area contributed by atoms with Gasteiger partial charge in [-0.2, -0.15) is 0 Å². The van der Waals surface area contributed by atoms with Crippen LogP contribution in [0, 0.1) is 0 Å². The van der Waals surface area contributed by atoms with Gasteiger partial charge in [-0.05, 0) is 81.4 Å². The highest BCUT2D eigenvalue weighted by molar-refractivity contribution is 7.27. The molecule has 2 nitrogen and oxygen atoms in total. The minimum absolute atomic E-state index is 1.16. The maximum Gasteiger partial charge on any atom is 0.180 e. The Kier molecular flexibility index (Phi) is 7.46. The van der Waals surface area contributed by atoms with Crippen molar-refractivity contribution in [3.05, 3.63) is 218 Å². The van der Waals surface area contributed by atoms with Crippen LogP contribution in [-0.2, 0) is 0 Å². The molecule has 4 heteroatoms. The molecule has 0 aliphatic rings. The van der Waals surface area contributed by atoms with Gasteiger partial charge < -0.3 is 9.13 Å². The molecule has 0 unspecified atom stereocenters. The summed E-state index contributed by atoms with van der Waals surface area (Å²) in [4.78, 5) is 0. The lowest BCUT2D eigenvalue weighted by Crippen LogP contribution is -2.74. The van der Waals surface area contributed by atoms with Gasteiger partial charge in [0, 0.05) is 53.1 Å². The van der Waals surface area contributed by atoms with Crippen LogP contribution >= 0.6 is 11.3 Å². The van der Waals surface area contributed by atoms with E-state index in [9.17, 15) is 0 Å². The number of fused-ring (bicyclic) bond motifs is 9. The van der Waals surface area contributed by atoms with Gasteiger partial charge >= 0.3 is 0 Å². The van der Waals surface area contributed by atoms with Gasteiger partial charge in [0.1, 0.15) is 0 Å². The highest BCUT2D eigenvalue weighted by Gasteiger charge is 2.43. The van der Waals surface area contributed by atoms with E-state index < -0.39 is 8.07 Å². The van der Waals surface area contributed by atoms with Gasteiger partial charge in [0.15, 0.2) is 8.07 Å². The number of thiophene rings is 1. The molecule has 0 radical (unpaired) electrons. The summed E-state index contributed by atoms with van der Waals surface area (Å²) in [7, 11) is -2.93. The number of para-hydroxylation sites is 3. The van der Waals surface area contributed by atoms with Crippen LogP contribution in [-0.4, -0.2) is 17.2 Å². The molecule has 0 N–H and O–H groups in total. The van der Waals surface area contributed by atoms with Crippen molar-refractivity contribution in [2.45, 2.75) is 0 Å². The average molecular weight is 773 g/mol. The van der Waals surface area contributed by atoms with Gasteiger partial charge in [0.05, 0.1) is 22.1 Å². The van der Waals surface area contributed by atoms with Crippen LogP contribution in [0.1, 0.15) is 0 Å². The van der Waals surface area contributed by atoms with Gasteiger partial charge in [0.2, 0.25) is 0 Å². The largest absolute Gasteiger partial charge is 0.309 e. The topological polar surface area (TPSA) is 9.86 Å². The Morgan fingerprint density at radius 1 is 0.310 bits per heavy atom. The molecular weight excluding hydrogens is 737 g/mol. The van der Waals surface area contributed by atoms with Crippen molar-refractivity contribution in [2.75, 3.05) is 0 Å². The first-order chi connectivity index (χ1) is 28.8. The molecule has 0 fully saturated rings. The van der Waals surface area contributed by atoms with E-state index in [1.165, 1.54) is 90.2 Å². The standard InChI is InChI=1S/C54H36N2SSi/c1-3-18-39(19-4-1)58(40-20-5-2-6-21-40,53-32-16-31-52-54(53)45-26-10-14-30-51(45)57-52)41-22-15-17-37(35-41)55-49-29-13-9-25-44(49)46-36-38(33-34-50(46)55)56-47-27-11-7-23-42(47)43-24-8-12-28-48(43)56/h1-36H. The second-order valence-corrected chi connectivity index (χ2v) is 20.1. The number of rotatable bonds is 6. The highest BCUT2D eigenvalue weighted by Crippen LogP contribution is 2.38. The summed E-state index contributed by atoms with van der Waals surface area (Å²) in [6, 6.07) is 81.6. The number of hydrogen-bond acceptors (Lipinski definition) is 1. The minimum Gasteiger partial charge on any atom is -0.309 e. The summed E-state index contributed by atoms with van der Waals surface area (Å²) < 4.78 is 7.57. The maximum atomic E-state index is 2.51.